The number of hydrogen-bond acceptors (Lipinski definition) is 3. The van der Waals surface area contributed by atoms with Gasteiger partial charge in [0, 0.05) is 7.05 Å². The van der Waals surface area contributed by atoms with Crippen molar-refractivity contribution in [2.24, 2.45) is 0 Å². The Labute approximate surface area is 174 Å². The SMILES string of the molecule is CNC(=O)C(C(=N)C(Cl)(Cl)Cl)=C(C)O.[B](c1ccccc1)c1ccccc1. The van der Waals surface area contributed by atoms with E-state index in [9.17, 15) is 4.79 Å². The van der Waals surface area contributed by atoms with Crippen molar-refractivity contribution in [2.45, 2.75) is 10.7 Å². The lowest BCUT2D eigenvalue weighted by Gasteiger charge is -2.15. The molecule has 2 aromatic carbocycles. The second-order valence-electron chi connectivity index (χ2n) is 5.38. The minimum absolute atomic E-state index is 0.340. The minimum atomic E-state index is -2.04. The van der Waals surface area contributed by atoms with Gasteiger partial charge < -0.3 is 10.4 Å². The first-order chi connectivity index (χ1) is 12.7. The quantitative estimate of drug-likeness (QED) is 0.232. The molecule has 0 heterocycles. The van der Waals surface area contributed by atoms with Crippen LogP contribution in [-0.2, 0) is 4.79 Å². The van der Waals surface area contributed by atoms with Crippen LogP contribution in [0.1, 0.15) is 6.92 Å². The monoisotopic (exact) mass is 423 g/mol. The molecule has 1 amide bonds. The highest BCUT2D eigenvalue weighted by Gasteiger charge is 2.33. The largest absolute Gasteiger partial charge is 0.512 e. The van der Waals surface area contributed by atoms with E-state index < -0.39 is 15.4 Å². The maximum Gasteiger partial charge on any atom is 0.256 e. The molecule has 3 N–H and O–H groups in total. The molecule has 141 valence electrons. The Balaban J connectivity index is 0.000000270. The van der Waals surface area contributed by atoms with E-state index >= 15 is 0 Å². The molecular formula is C19H19BCl3N2O2. The summed E-state index contributed by atoms with van der Waals surface area (Å²) >= 11 is 16.2. The van der Waals surface area contributed by atoms with Crippen molar-refractivity contribution in [3.8, 4) is 0 Å². The Hall–Kier alpha value is -1.95. The fourth-order valence-electron chi connectivity index (χ4n) is 2.02. The molecule has 0 spiro atoms. The van der Waals surface area contributed by atoms with Gasteiger partial charge in [-0.05, 0) is 6.92 Å². The second-order valence-corrected chi connectivity index (χ2v) is 7.66. The fraction of sp³-hybridized carbons (Fsp3) is 0.158. The average molecular weight is 425 g/mol. The van der Waals surface area contributed by atoms with Crippen molar-refractivity contribution in [1.29, 1.82) is 5.41 Å². The van der Waals surface area contributed by atoms with Gasteiger partial charge in [0.05, 0.1) is 5.71 Å². The van der Waals surface area contributed by atoms with Gasteiger partial charge in [-0.15, -0.1) is 0 Å². The number of allylic oxidation sites excluding steroid dienone is 1. The minimum Gasteiger partial charge on any atom is -0.512 e. The number of hydrogen-bond donors (Lipinski definition) is 3. The van der Waals surface area contributed by atoms with Crippen LogP contribution in [0, 0.1) is 5.41 Å². The topological polar surface area (TPSA) is 73.2 Å². The first-order valence-electron chi connectivity index (χ1n) is 7.89. The summed E-state index contributed by atoms with van der Waals surface area (Å²) in [5.41, 5.74) is 1.58. The van der Waals surface area contributed by atoms with Crippen molar-refractivity contribution in [3.05, 3.63) is 72.0 Å². The zero-order valence-corrected chi connectivity index (χ0v) is 17.1. The summed E-state index contributed by atoms with van der Waals surface area (Å²) in [7, 11) is 3.51. The van der Waals surface area contributed by atoms with Crippen molar-refractivity contribution in [1.82, 2.24) is 5.32 Å². The summed E-state index contributed by atoms with van der Waals surface area (Å²) in [6, 6.07) is 20.7. The van der Waals surface area contributed by atoms with Gasteiger partial charge >= 0.3 is 0 Å². The summed E-state index contributed by atoms with van der Waals surface area (Å²) in [5, 5.41) is 18.8. The molecule has 0 saturated carbocycles. The third-order valence-electron chi connectivity index (χ3n) is 3.28. The van der Waals surface area contributed by atoms with Gasteiger partial charge in [-0.2, -0.15) is 0 Å². The standard InChI is InChI=1S/C12H10B.C7H9Cl3N2O2/c1-3-7-11(8-4-1)13-12-9-5-2-6-10-12;1-3(13)4(6(14)12-2)5(11)7(8,9)10/h1-10H;11,13H,1-2H3,(H,12,14). The summed E-state index contributed by atoms with van der Waals surface area (Å²) < 4.78 is -2.04. The van der Waals surface area contributed by atoms with Crippen LogP contribution in [-0.4, -0.2) is 34.8 Å². The Kier molecular flexibility index (Phi) is 9.43. The lowest BCUT2D eigenvalue weighted by molar-refractivity contribution is -0.116. The Morgan fingerprint density at radius 3 is 1.70 bits per heavy atom. The lowest BCUT2D eigenvalue weighted by atomic mass is 9.64. The summed E-state index contributed by atoms with van der Waals surface area (Å²) in [6.45, 7) is 1.23. The molecule has 0 aliphatic heterocycles. The van der Waals surface area contributed by atoms with E-state index in [1.54, 1.807) is 0 Å². The van der Waals surface area contributed by atoms with Crippen LogP contribution in [0.4, 0.5) is 0 Å². The van der Waals surface area contributed by atoms with Crippen LogP contribution >= 0.6 is 34.8 Å². The number of carbonyl (C=O) groups is 1. The number of aliphatic hydroxyl groups is 1. The number of benzene rings is 2. The molecule has 27 heavy (non-hydrogen) atoms. The molecule has 1 radical (unpaired) electrons. The molecule has 0 saturated heterocycles. The van der Waals surface area contributed by atoms with Crippen LogP contribution in [0.5, 0.6) is 0 Å². The Morgan fingerprint density at radius 2 is 1.41 bits per heavy atom. The maximum absolute atomic E-state index is 11.2. The van der Waals surface area contributed by atoms with Crippen molar-refractivity contribution in [2.75, 3.05) is 7.05 Å². The molecule has 2 aromatic rings. The number of carbonyl (C=O) groups excluding carboxylic acids is 1. The predicted octanol–water partition coefficient (Wildman–Crippen LogP) is 3.30. The number of rotatable bonds is 4. The van der Waals surface area contributed by atoms with E-state index in [1.165, 1.54) is 24.9 Å². The molecular weight excluding hydrogens is 405 g/mol. The first kappa shape index (κ1) is 23.1. The number of likely N-dealkylation sites (N-methyl/N-ethyl adjacent to an activating group) is 1. The highest BCUT2D eigenvalue weighted by molar-refractivity contribution is 6.78. The van der Waals surface area contributed by atoms with Gasteiger partial charge in [-0.3, -0.25) is 10.2 Å². The first-order valence-corrected chi connectivity index (χ1v) is 9.03. The van der Waals surface area contributed by atoms with Crippen LogP contribution < -0.4 is 16.2 Å². The van der Waals surface area contributed by atoms with Crippen molar-refractivity contribution < 1.29 is 9.90 Å². The molecule has 0 aromatic heterocycles. The third kappa shape index (κ3) is 8.08. The lowest BCUT2D eigenvalue weighted by Crippen LogP contribution is -2.32. The normalized spacial score (nSPS) is 11.4. The summed E-state index contributed by atoms with van der Waals surface area (Å²) in [6.07, 6.45) is 0. The number of alkyl halides is 3. The molecule has 0 atom stereocenters. The van der Waals surface area contributed by atoms with Gasteiger partial charge in [0.15, 0.2) is 7.28 Å². The number of halogens is 3. The molecule has 0 aliphatic rings. The van der Waals surface area contributed by atoms with E-state index in [0.29, 0.717) is 0 Å². The Morgan fingerprint density at radius 1 is 1.00 bits per heavy atom. The molecule has 0 aliphatic carbocycles. The average Bonchev–Trinajstić information content (AvgIpc) is 2.63. The third-order valence-corrected chi connectivity index (χ3v) is 3.85. The molecule has 0 fully saturated rings. The van der Waals surface area contributed by atoms with E-state index in [1.807, 2.05) is 12.1 Å². The zero-order chi connectivity index (χ0) is 20.4. The molecule has 0 bridgehead atoms. The number of nitrogens with one attached hydrogen (secondary N) is 2. The van der Waals surface area contributed by atoms with Crippen molar-refractivity contribution >= 4 is 64.6 Å². The van der Waals surface area contributed by atoms with Gasteiger partial charge in [0.2, 0.25) is 3.79 Å². The summed E-state index contributed by atoms with van der Waals surface area (Å²) in [5.74, 6) is -1.05. The predicted molar refractivity (Wildman–Crippen MR) is 115 cm³/mol. The van der Waals surface area contributed by atoms with Gasteiger partial charge in [-0.1, -0.05) is 106 Å². The maximum atomic E-state index is 11.2. The molecule has 8 heteroatoms. The summed E-state index contributed by atoms with van der Waals surface area (Å²) in [4.78, 5) is 11.2. The fourth-order valence-corrected chi connectivity index (χ4v) is 2.30. The van der Waals surface area contributed by atoms with Crippen LogP contribution in [0.3, 0.4) is 0 Å². The van der Waals surface area contributed by atoms with Gasteiger partial charge in [-0.25, -0.2) is 0 Å². The van der Waals surface area contributed by atoms with Crippen LogP contribution in [0.25, 0.3) is 0 Å². The zero-order valence-electron chi connectivity index (χ0n) is 14.8. The van der Waals surface area contributed by atoms with E-state index in [4.69, 9.17) is 45.3 Å². The van der Waals surface area contributed by atoms with Gasteiger partial charge in [0.25, 0.3) is 5.91 Å². The van der Waals surface area contributed by atoms with E-state index in [-0.39, 0.29) is 11.3 Å². The smallest absolute Gasteiger partial charge is 0.256 e. The van der Waals surface area contributed by atoms with Crippen molar-refractivity contribution in [3.63, 3.8) is 0 Å². The highest BCUT2D eigenvalue weighted by Crippen LogP contribution is 2.31. The molecule has 4 nitrogen and oxygen atoms in total. The van der Waals surface area contributed by atoms with Crippen LogP contribution in [0.15, 0.2) is 72.0 Å². The number of aliphatic hydroxyl groups excluding tert-OH is 1. The van der Waals surface area contributed by atoms with E-state index in [0.717, 1.165) is 0 Å². The molecule has 0 unspecified atom stereocenters. The van der Waals surface area contributed by atoms with Crippen LogP contribution in [0.2, 0.25) is 0 Å². The van der Waals surface area contributed by atoms with E-state index in [2.05, 4.69) is 61.1 Å². The van der Waals surface area contributed by atoms with Gasteiger partial charge in [0.1, 0.15) is 11.3 Å². The molecule has 2 rings (SSSR count). The highest BCUT2D eigenvalue weighted by atomic mass is 35.6. The number of amides is 1. The second kappa shape index (κ2) is 11.0. The Bertz CT molecular complexity index is 750.